The van der Waals surface area contributed by atoms with Gasteiger partial charge in [0.2, 0.25) is 5.91 Å². The fourth-order valence-corrected chi connectivity index (χ4v) is 2.93. The minimum atomic E-state index is -0.242. The summed E-state index contributed by atoms with van der Waals surface area (Å²) in [4.78, 5) is 20.8. The van der Waals surface area contributed by atoms with E-state index in [1.54, 1.807) is 12.4 Å². The largest absolute Gasteiger partial charge is 0.437 e. The van der Waals surface area contributed by atoms with E-state index in [0.29, 0.717) is 11.8 Å². The van der Waals surface area contributed by atoms with Gasteiger partial charge in [0.1, 0.15) is 5.76 Å². The lowest BCUT2D eigenvalue weighted by atomic mass is 10.1. The molecule has 0 aliphatic carbocycles. The number of rotatable bonds is 6. The minimum absolute atomic E-state index is 0.0163. The fraction of sp³-hybridized carbons (Fsp3) is 0.438. The molecule has 5 nitrogen and oxygen atoms in total. The maximum Gasteiger partial charge on any atom is 0.256 e. The Hall–Kier alpha value is -1.82. The van der Waals surface area contributed by atoms with Crippen LogP contribution in [-0.4, -0.2) is 21.1 Å². The molecule has 2 aromatic rings. The van der Waals surface area contributed by atoms with Crippen molar-refractivity contribution in [3.05, 3.63) is 41.5 Å². The summed E-state index contributed by atoms with van der Waals surface area (Å²) < 4.78 is 5.57. The summed E-state index contributed by atoms with van der Waals surface area (Å²) in [6.07, 6.45) is 3.46. The molecule has 0 bridgehead atoms. The quantitative estimate of drug-likeness (QED) is 0.829. The van der Waals surface area contributed by atoms with Crippen molar-refractivity contribution >= 4 is 17.7 Å². The van der Waals surface area contributed by atoms with Crippen LogP contribution in [-0.2, 0) is 11.3 Å². The van der Waals surface area contributed by atoms with Gasteiger partial charge < -0.3 is 9.73 Å². The van der Waals surface area contributed by atoms with Crippen LogP contribution < -0.4 is 5.32 Å². The van der Waals surface area contributed by atoms with Crippen molar-refractivity contribution in [2.45, 2.75) is 44.7 Å². The number of hydrogen-bond acceptors (Lipinski definition) is 5. The van der Waals surface area contributed by atoms with Crippen LogP contribution in [0.1, 0.15) is 30.9 Å². The van der Waals surface area contributed by atoms with E-state index >= 15 is 0 Å². The van der Waals surface area contributed by atoms with Gasteiger partial charge in [-0.3, -0.25) is 9.78 Å². The number of thioether (sulfide) groups is 1. The Morgan fingerprint density at radius 2 is 2.18 bits per heavy atom. The lowest BCUT2D eigenvalue weighted by Gasteiger charge is -2.18. The van der Waals surface area contributed by atoms with Crippen LogP contribution in [0.5, 0.6) is 0 Å². The predicted octanol–water partition coefficient (Wildman–Crippen LogP) is 3.12. The lowest BCUT2D eigenvalue weighted by Crippen LogP contribution is -2.35. The zero-order chi connectivity index (χ0) is 16.1. The number of amides is 1. The average molecular weight is 319 g/mol. The Morgan fingerprint density at radius 1 is 1.41 bits per heavy atom. The van der Waals surface area contributed by atoms with E-state index < -0.39 is 0 Å². The van der Waals surface area contributed by atoms with Gasteiger partial charge in [0.05, 0.1) is 10.9 Å². The van der Waals surface area contributed by atoms with E-state index in [1.165, 1.54) is 11.8 Å². The summed E-state index contributed by atoms with van der Waals surface area (Å²) in [5.74, 6) is 0.949. The van der Waals surface area contributed by atoms with E-state index in [4.69, 9.17) is 4.42 Å². The summed E-state index contributed by atoms with van der Waals surface area (Å²) in [5, 5.41) is 3.26. The predicted molar refractivity (Wildman–Crippen MR) is 86.5 cm³/mol. The van der Waals surface area contributed by atoms with E-state index in [0.717, 1.165) is 17.0 Å². The van der Waals surface area contributed by atoms with Crippen molar-refractivity contribution in [1.29, 1.82) is 0 Å². The van der Waals surface area contributed by atoms with Crippen LogP contribution in [0.15, 0.2) is 34.2 Å². The van der Waals surface area contributed by atoms with Gasteiger partial charge in [0, 0.05) is 18.9 Å². The van der Waals surface area contributed by atoms with Crippen molar-refractivity contribution in [2.75, 3.05) is 0 Å². The normalized spacial score (nSPS) is 12.4. The molecule has 0 aromatic carbocycles. The van der Waals surface area contributed by atoms with Crippen molar-refractivity contribution in [1.82, 2.24) is 15.3 Å². The monoisotopic (exact) mass is 319 g/mol. The number of aryl methyl sites for hydroxylation is 2. The molecule has 0 radical (unpaired) electrons. The number of pyridine rings is 1. The molecule has 0 saturated heterocycles. The number of nitrogens with one attached hydrogen (secondary N) is 1. The van der Waals surface area contributed by atoms with Crippen LogP contribution in [0.2, 0.25) is 0 Å². The molecule has 22 heavy (non-hydrogen) atoms. The van der Waals surface area contributed by atoms with Gasteiger partial charge in [0.15, 0.2) is 0 Å². The third-order valence-electron chi connectivity index (χ3n) is 3.29. The highest BCUT2D eigenvalue weighted by atomic mass is 32.2. The molecule has 2 heterocycles. The molecule has 0 unspecified atom stereocenters. The Labute approximate surface area is 134 Å². The van der Waals surface area contributed by atoms with E-state index in [9.17, 15) is 4.79 Å². The second-order valence-corrected chi connectivity index (χ2v) is 6.58. The first kappa shape index (κ1) is 16.5. The number of hydrogen-bond donors (Lipinski definition) is 1. The first-order valence-corrected chi connectivity index (χ1v) is 8.12. The molecule has 0 spiro atoms. The minimum Gasteiger partial charge on any atom is -0.437 e. The summed E-state index contributed by atoms with van der Waals surface area (Å²) in [5.41, 5.74) is 1.84. The highest BCUT2D eigenvalue weighted by molar-refractivity contribution is 8.00. The van der Waals surface area contributed by atoms with Crippen LogP contribution in [0.4, 0.5) is 0 Å². The van der Waals surface area contributed by atoms with Gasteiger partial charge in [-0.2, -0.15) is 0 Å². The molecule has 118 valence electrons. The molecule has 1 amide bonds. The molecule has 0 fully saturated rings. The van der Waals surface area contributed by atoms with E-state index in [1.807, 2.05) is 39.8 Å². The molecule has 0 aliphatic heterocycles. The molecule has 2 aromatic heterocycles. The fourth-order valence-electron chi connectivity index (χ4n) is 1.89. The van der Waals surface area contributed by atoms with Gasteiger partial charge in [-0.05, 0) is 31.4 Å². The summed E-state index contributed by atoms with van der Waals surface area (Å²) in [6, 6.07) is 3.79. The summed E-state index contributed by atoms with van der Waals surface area (Å²) in [6.45, 7) is 8.28. The SMILES string of the molecule is Cc1nc(S[C@H](C(=O)NCc2cccnc2)C(C)C)oc1C. The zero-order valence-corrected chi connectivity index (χ0v) is 14.1. The Kier molecular flexibility index (Phi) is 5.60. The van der Waals surface area contributed by atoms with E-state index in [-0.39, 0.29) is 17.1 Å². The smallest absolute Gasteiger partial charge is 0.256 e. The second-order valence-electron chi connectivity index (χ2n) is 5.48. The number of oxazole rings is 1. The summed E-state index contributed by atoms with van der Waals surface area (Å²) >= 11 is 1.37. The first-order chi connectivity index (χ1) is 10.5. The Morgan fingerprint density at radius 3 is 2.73 bits per heavy atom. The number of nitrogens with zero attached hydrogens (tertiary/aromatic N) is 2. The first-order valence-electron chi connectivity index (χ1n) is 7.24. The molecular weight excluding hydrogens is 298 g/mol. The standard InChI is InChI=1S/C16H21N3O2S/c1-10(2)14(22-16-19-11(3)12(4)21-16)15(20)18-9-13-6-5-7-17-8-13/h5-8,10,14H,9H2,1-4H3,(H,18,20)/t14-/m0/s1. The van der Waals surface area contributed by atoms with Gasteiger partial charge in [-0.25, -0.2) is 4.98 Å². The third-order valence-corrected chi connectivity index (χ3v) is 4.68. The van der Waals surface area contributed by atoms with Gasteiger partial charge in [-0.1, -0.05) is 31.7 Å². The maximum absolute atomic E-state index is 12.4. The van der Waals surface area contributed by atoms with Crippen LogP contribution in [0, 0.1) is 19.8 Å². The molecule has 1 atom stereocenters. The van der Waals surface area contributed by atoms with Crippen molar-refractivity contribution < 1.29 is 9.21 Å². The van der Waals surface area contributed by atoms with Crippen molar-refractivity contribution in [2.24, 2.45) is 5.92 Å². The van der Waals surface area contributed by atoms with Gasteiger partial charge >= 0.3 is 0 Å². The lowest BCUT2D eigenvalue weighted by molar-refractivity contribution is -0.121. The third kappa shape index (κ3) is 4.34. The van der Waals surface area contributed by atoms with Crippen LogP contribution in [0.25, 0.3) is 0 Å². The molecule has 1 N–H and O–H groups in total. The molecule has 0 aliphatic rings. The van der Waals surface area contributed by atoms with Gasteiger partial charge in [0.25, 0.3) is 5.22 Å². The van der Waals surface area contributed by atoms with Crippen molar-refractivity contribution in [3.8, 4) is 0 Å². The van der Waals surface area contributed by atoms with E-state index in [2.05, 4.69) is 15.3 Å². The molecule has 2 rings (SSSR count). The van der Waals surface area contributed by atoms with Crippen molar-refractivity contribution in [3.63, 3.8) is 0 Å². The molecule has 0 saturated carbocycles. The number of aromatic nitrogens is 2. The molecule has 6 heteroatoms. The Balaban J connectivity index is 1.99. The average Bonchev–Trinajstić information content (AvgIpc) is 2.81. The maximum atomic E-state index is 12.4. The zero-order valence-electron chi connectivity index (χ0n) is 13.3. The van der Waals surface area contributed by atoms with Crippen LogP contribution in [0.3, 0.4) is 0 Å². The second kappa shape index (κ2) is 7.45. The van der Waals surface area contributed by atoms with Crippen LogP contribution >= 0.6 is 11.8 Å². The summed E-state index contributed by atoms with van der Waals surface area (Å²) in [7, 11) is 0. The van der Waals surface area contributed by atoms with Gasteiger partial charge in [-0.15, -0.1) is 0 Å². The molecular formula is C16H21N3O2S. The topological polar surface area (TPSA) is 68.0 Å². The highest BCUT2D eigenvalue weighted by Gasteiger charge is 2.25. The Bertz CT molecular complexity index is 606. The number of carbonyl (C=O) groups is 1. The highest BCUT2D eigenvalue weighted by Crippen LogP contribution is 2.29. The number of carbonyl (C=O) groups excluding carboxylic acids is 1.